The van der Waals surface area contributed by atoms with Gasteiger partial charge in [0.1, 0.15) is 0 Å². The van der Waals surface area contributed by atoms with Gasteiger partial charge in [0.05, 0.1) is 13.2 Å². The predicted molar refractivity (Wildman–Crippen MR) is 57.6 cm³/mol. The molecule has 1 aliphatic rings. The molecule has 0 aromatic carbocycles. The molecule has 88 valence electrons. The molecule has 0 amide bonds. The highest BCUT2D eigenvalue weighted by atomic mass is 16.7. The summed E-state index contributed by atoms with van der Waals surface area (Å²) in [5.74, 6) is -0.718. The van der Waals surface area contributed by atoms with Gasteiger partial charge in [0.25, 0.3) is 0 Å². The first-order chi connectivity index (χ1) is 6.91. The van der Waals surface area contributed by atoms with Gasteiger partial charge in [0.15, 0.2) is 5.79 Å². The average Bonchev–Trinajstić information content (AvgIpc) is 2.19. The largest absolute Gasteiger partial charge is 0.478 e. The maximum atomic E-state index is 9.25. The highest BCUT2D eigenvalue weighted by Crippen LogP contribution is 2.21. The van der Waals surface area contributed by atoms with Crippen LogP contribution in [0.15, 0.2) is 12.7 Å². The Bertz CT molecular complexity index is 201. The Balaban J connectivity index is 0.000000336. The molecule has 1 aliphatic heterocycles. The highest BCUT2D eigenvalue weighted by molar-refractivity contribution is 5.78. The van der Waals surface area contributed by atoms with E-state index in [9.17, 15) is 4.79 Å². The van der Waals surface area contributed by atoms with Crippen molar-refractivity contribution < 1.29 is 19.4 Å². The van der Waals surface area contributed by atoms with Crippen LogP contribution in [0.2, 0.25) is 0 Å². The number of carboxylic acid groups (broad SMARTS) is 1. The topological polar surface area (TPSA) is 55.8 Å². The fourth-order valence-electron chi connectivity index (χ4n) is 0.963. The van der Waals surface area contributed by atoms with Gasteiger partial charge in [0, 0.05) is 12.0 Å². The van der Waals surface area contributed by atoms with Crippen LogP contribution in [-0.4, -0.2) is 30.1 Å². The van der Waals surface area contributed by atoms with Gasteiger partial charge < -0.3 is 14.6 Å². The van der Waals surface area contributed by atoms with Gasteiger partial charge >= 0.3 is 5.97 Å². The van der Waals surface area contributed by atoms with Gasteiger partial charge in [-0.25, -0.2) is 4.79 Å². The number of aliphatic carboxylic acids is 1. The lowest BCUT2D eigenvalue weighted by Crippen LogP contribution is -2.38. The van der Waals surface area contributed by atoms with Crippen LogP contribution in [0.3, 0.4) is 0 Å². The number of hydrogen-bond donors (Lipinski definition) is 1. The lowest BCUT2D eigenvalue weighted by molar-refractivity contribution is -0.262. The van der Waals surface area contributed by atoms with Crippen LogP contribution in [0.1, 0.15) is 27.2 Å². The first-order valence-corrected chi connectivity index (χ1v) is 5.04. The minimum atomic E-state index is -0.981. The summed E-state index contributed by atoms with van der Waals surface area (Å²) in [6.07, 6.45) is 1.98. The third-order valence-corrected chi connectivity index (χ3v) is 2.09. The van der Waals surface area contributed by atoms with Gasteiger partial charge in [-0.05, 0) is 20.3 Å². The second-order valence-corrected chi connectivity index (χ2v) is 3.84. The second-order valence-electron chi connectivity index (χ2n) is 3.84. The van der Waals surface area contributed by atoms with E-state index in [4.69, 9.17) is 14.6 Å². The van der Waals surface area contributed by atoms with Crippen LogP contribution in [0.5, 0.6) is 0 Å². The minimum Gasteiger partial charge on any atom is -0.478 e. The van der Waals surface area contributed by atoms with Crippen molar-refractivity contribution in [3.63, 3.8) is 0 Å². The molecule has 0 saturated carbocycles. The van der Waals surface area contributed by atoms with E-state index in [-0.39, 0.29) is 5.79 Å². The summed E-state index contributed by atoms with van der Waals surface area (Å²) in [5.41, 5.74) is 0. The Hall–Kier alpha value is -0.870. The number of carbonyl (C=O) groups is 1. The molecule has 0 spiro atoms. The summed E-state index contributed by atoms with van der Waals surface area (Å²) < 4.78 is 10.9. The zero-order valence-corrected chi connectivity index (χ0v) is 9.66. The first-order valence-electron chi connectivity index (χ1n) is 5.04. The summed E-state index contributed by atoms with van der Waals surface area (Å²) in [6, 6.07) is 0. The third-order valence-electron chi connectivity index (χ3n) is 2.09. The molecule has 0 unspecified atom stereocenters. The van der Waals surface area contributed by atoms with Crippen molar-refractivity contribution in [1.82, 2.24) is 0 Å². The maximum Gasteiger partial charge on any atom is 0.327 e. The number of carboxylic acids is 1. The molecule has 4 nitrogen and oxygen atoms in total. The van der Waals surface area contributed by atoms with E-state index in [0.717, 1.165) is 25.7 Å². The van der Waals surface area contributed by atoms with Crippen LogP contribution in [0.25, 0.3) is 0 Å². The van der Waals surface area contributed by atoms with E-state index in [0.29, 0.717) is 5.92 Å². The van der Waals surface area contributed by atoms with Crippen LogP contribution in [0.4, 0.5) is 0 Å². The maximum absolute atomic E-state index is 9.25. The molecule has 4 heteroatoms. The first kappa shape index (κ1) is 14.1. The van der Waals surface area contributed by atoms with Gasteiger partial charge in [0.2, 0.25) is 0 Å². The predicted octanol–water partition coefficient (Wildman–Crippen LogP) is 2.05. The van der Waals surface area contributed by atoms with Crippen molar-refractivity contribution in [3.05, 3.63) is 12.7 Å². The van der Waals surface area contributed by atoms with Crippen molar-refractivity contribution in [2.45, 2.75) is 33.0 Å². The highest BCUT2D eigenvalue weighted by Gasteiger charge is 2.26. The molecule has 0 aromatic rings. The molecule has 1 rings (SSSR count). The normalized spacial score (nSPS) is 19.9. The van der Waals surface area contributed by atoms with Crippen molar-refractivity contribution in [2.24, 2.45) is 5.92 Å². The average molecular weight is 216 g/mol. The number of hydrogen-bond acceptors (Lipinski definition) is 3. The SMILES string of the molecule is C=CC(=O)O.CCC1COC(C)(C)OC1. The molecule has 0 radical (unpaired) electrons. The van der Waals surface area contributed by atoms with Gasteiger partial charge in [-0.15, -0.1) is 0 Å². The van der Waals surface area contributed by atoms with Crippen LogP contribution >= 0.6 is 0 Å². The standard InChI is InChI=1S/C8H16O2.C3H4O2/c1-4-7-5-9-8(2,3)10-6-7;1-2-3(4)5/h7H,4-6H2,1-3H3;2H,1H2,(H,4,5). The van der Waals surface area contributed by atoms with Crippen LogP contribution < -0.4 is 0 Å². The van der Waals surface area contributed by atoms with Crippen molar-refractivity contribution in [3.8, 4) is 0 Å². The Labute approximate surface area is 90.9 Å². The van der Waals surface area contributed by atoms with E-state index >= 15 is 0 Å². The number of ether oxygens (including phenoxy) is 2. The second kappa shape index (κ2) is 6.58. The summed E-state index contributed by atoms with van der Waals surface area (Å²) in [7, 11) is 0. The Morgan fingerprint density at radius 3 is 2.20 bits per heavy atom. The zero-order chi connectivity index (χ0) is 11.9. The molecule has 0 aliphatic carbocycles. The lowest BCUT2D eigenvalue weighted by Gasteiger charge is -2.34. The molecule has 1 saturated heterocycles. The quantitative estimate of drug-likeness (QED) is 0.718. The Morgan fingerprint density at radius 2 is 1.93 bits per heavy atom. The van der Waals surface area contributed by atoms with Crippen LogP contribution in [-0.2, 0) is 14.3 Å². The van der Waals surface area contributed by atoms with E-state index < -0.39 is 5.97 Å². The fourth-order valence-corrected chi connectivity index (χ4v) is 0.963. The van der Waals surface area contributed by atoms with Gasteiger partial charge in [-0.3, -0.25) is 0 Å². The minimum absolute atomic E-state index is 0.342. The van der Waals surface area contributed by atoms with E-state index in [1.54, 1.807) is 0 Å². The molecule has 1 heterocycles. The van der Waals surface area contributed by atoms with Crippen LogP contribution in [0, 0.1) is 5.92 Å². The van der Waals surface area contributed by atoms with E-state index in [1.807, 2.05) is 13.8 Å². The van der Waals surface area contributed by atoms with Gasteiger partial charge in [-0.1, -0.05) is 13.5 Å². The molecular weight excluding hydrogens is 196 g/mol. The molecule has 1 N–H and O–H groups in total. The molecule has 0 bridgehead atoms. The zero-order valence-electron chi connectivity index (χ0n) is 9.66. The fraction of sp³-hybridized carbons (Fsp3) is 0.727. The smallest absolute Gasteiger partial charge is 0.327 e. The Kier molecular flexibility index (Phi) is 6.20. The number of rotatable bonds is 2. The molecule has 0 aromatic heterocycles. The summed E-state index contributed by atoms with van der Waals surface area (Å²) >= 11 is 0. The summed E-state index contributed by atoms with van der Waals surface area (Å²) in [5, 5.41) is 7.60. The molecule has 0 atom stereocenters. The summed E-state index contributed by atoms with van der Waals surface area (Å²) in [6.45, 7) is 10.7. The third kappa shape index (κ3) is 7.11. The molecule has 1 fully saturated rings. The van der Waals surface area contributed by atoms with Crippen molar-refractivity contribution >= 4 is 5.97 Å². The van der Waals surface area contributed by atoms with Crippen molar-refractivity contribution in [1.29, 1.82) is 0 Å². The van der Waals surface area contributed by atoms with Gasteiger partial charge in [-0.2, -0.15) is 0 Å². The molecular formula is C11H20O4. The van der Waals surface area contributed by atoms with E-state index in [2.05, 4.69) is 13.5 Å². The molecule has 15 heavy (non-hydrogen) atoms. The van der Waals surface area contributed by atoms with Crippen molar-refractivity contribution in [2.75, 3.05) is 13.2 Å². The summed E-state index contributed by atoms with van der Waals surface area (Å²) in [4.78, 5) is 9.25. The lowest BCUT2D eigenvalue weighted by atomic mass is 10.1. The Morgan fingerprint density at radius 1 is 1.53 bits per heavy atom. The monoisotopic (exact) mass is 216 g/mol. The van der Waals surface area contributed by atoms with E-state index in [1.165, 1.54) is 0 Å².